The Morgan fingerprint density at radius 1 is 1.07 bits per heavy atom. The summed E-state index contributed by atoms with van der Waals surface area (Å²) < 4.78 is 0. The fourth-order valence-corrected chi connectivity index (χ4v) is 6.93. The zero-order valence-electron chi connectivity index (χ0n) is 17.4. The topological polar surface area (TPSA) is 71.1 Å². The lowest BCUT2D eigenvalue weighted by Crippen LogP contribution is -2.53. The average Bonchev–Trinajstić information content (AvgIpc) is 3.14. The predicted octanol–water partition coefficient (Wildman–Crippen LogP) is 4.78. The second-order valence-corrected chi connectivity index (χ2v) is 10.6. The summed E-state index contributed by atoms with van der Waals surface area (Å²) in [4.78, 5) is 29.8. The molecule has 0 aliphatic heterocycles. The van der Waals surface area contributed by atoms with Crippen LogP contribution in [0.25, 0.3) is 11.3 Å². The van der Waals surface area contributed by atoms with Gasteiger partial charge in [0.1, 0.15) is 0 Å². The lowest BCUT2D eigenvalue weighted by molar-refractivity contribution is -0.146. The average molecular weight is 424 g/mol. The van der Waals surface area contributed by atoms with Crippen LogP contribution in [0.15, 0.2) is 29.6 Å². The van der Waals surface area contributed by atoms with E-state index in [9.17, 15) is 9.59 Å². The third kappa shape index (κ3) is 3.89. The number of aromatic nitrogens is 1. The molecule has 4 fully saturated rings. The van der Waals surface area contributed by atoms with Gasteiger partial charge in [-0.3, -0.25) is 9.59 Å². The molecule has 4 saturated carbocycles. The van der Waals surface area contributed by atoms with Gasteiger partial charge in [-0.25, -0.2) is 4.98 Å². The highest BCUT2D eigenvalue weighted by atomic mass is 32.1. The number of rotatable bonds is 6. The molecule has 2 aromatic rings. The van der Waals surface area contributed by atoms with Crippen LogP contribution in [0, 0.1) is 30.1 Å². The van der Waals surface area contributed by atoms with Crippen molar-refractivity contribution < 1.29 is 9.59 Å². The Bertz CT molecular complexity index is 914. The standard InChI is InChI=1S/C24H29N3O2S/c1-15-26-21(14-30-15)19-2-4-20(5-3-19)27-22(28)6-7-25-23(29)24-11-16-8-17(12-24)10-18(9-16)13-24/h2-5,14,16-18H,6-13H2,1H3,(H,25,29)(H,27,28). The van der Waals surface area contributed by atoms with Crippen molar-refractivity contribution in [3.8, 4) is 11.3 Å². The normalized spacial score (nSPS) is 29.0. The van der Waals surface area contributed by atoms with Crippen molar-refractivity contribution in [3.63, 3.8) is 0 Å². The zero-order valence-corrected chi connectivity index (χ0v) is 18.3. The molecule has 158 valence electrons. The number of benzene rings is 1. The van der Waals surface area contributed by atoms with E-state index >= 15 is 0 Å². The van der Waals surface area contributed by atoms with Crippen molar-refractivity contribution in [1.29, 1.82) is 0 Å². The number of carbonyl (C=O) groups excluding carboxylic acids is 2. The van der Waals surface area contributed by atoms with E-state index in [0.717, 1.165) is 59.0 Å². The molecule has 30 heavy (non-hydrogen) atoms. The molecule has 4 aliphatic rings. The smallest absolute Gasteiger partial charge is 0.226 e. The van der Waals surface area contributed by atoms with Crippen molar-refractivity contribution in [2.24, 2.45) is 23.2 Å². The van der Waals surface area contributed by atoms with Crippen LogP contribution in [-0.4, -0.2) is 23.3 Å². The Morgan fingerprint density at radius 2 is 1.70 bits per heavy atom. The van der Waals surface area contributed by atoms with Gasteiger partial charge in [0.2, 0.25) is 11.8 Å². The van der Waals surface area contributed by atoms with E-state index in [1.807, 2.05) is 36.6 Å². The van der Waals surface area contributed by atoms with E-state index in [1.54, 1.807) is 11.3 Å². The van der Waals surface area contributed by atoms with Gasteiger partial charge in [-0.15, -0.1) is 11.3 Å². The molecule has 1 aromatic carbocycles. The number of anilines is 1. The Morgan fingerprint density at radius 3 is 2.27 bits per heavy atom. The maximum Gasteiger partial charge on any atom is 0.226 e. The van der Waals surface area contributed by atoms with Crippen molar-refractivity contribution in [2.45, 2.75) is 51.9 Å². The molecule has 1 heterocycles. The summed E-state index contributed by atoms with van der Waals surface area (Å²) in [6, 6.07) is 7.74. The van der Waals surface area contributed by atoms with Gasteiger partial charge in [0.15, 0.2) is 0 Å². The highest BCUT2D eigenvalue weighted by molar-refractivity contribution is 7.09. The summed E-state index contributed by atoms with van der Waals surface area (Å²) in [6.07, 6.45) is 7.46. The third-order valence-corrected chi connectivity index (χ3v) is 8.01. The van der Waals surface area contributed by atoms with Crippen LogP contribution in [0.5, 0.6) is 0 Å². The minimum absolute atomic E-state index is 0.0712. The molecular formula is C24H29N3O2S. The number of amides is 2. The molecule has 0 atom stereocenters. The minimum Gasteiger partial charge on any atom is -0.355 e. The first-order chi connectivity index (χ1) is 14.5. The van der Waals surface area contributed by atoms with Gasteiger partial charge < -0.3 is 10.6 Å². The number of hydrogen-bond donors (Lipinski definition) is 2. The fraction of sp³-hybridized carbons (Fsp3) is 0.542. The molecule has 0 spiro atoms. The van der Waals surface area contributed by atoms with E-state index in [1.165, 1.54) is 19.3 Å². The number of thiazole rings is 1. The van der Waals surface area contributed by atoms with E-state index in [4.69, 9.17) is 0 Å². The van der Waals surface area contributed by atoms with Crippen molar-refractivity contribution in [3.05, 3.63) is 34.7 Å². The molecular weight excluding hydrogens is 394 g/mol. The molecule has 1 aromatic heterocycles. The first-order valence-electron chi connectivity index (χ1n) is 11.1. The molecule has 4 aliphatic carbocycles. The van der Waals surface area contributed by atoms with E-state index in [-0.39, 0.29) is 17.2 Å². The summed E-state index contributed by atoms with van der Waals surface area (Å²) in [5.41, 5.74) is 2.63. The van der Waals surface area contributed by atoms with Gasteiger partial charge in [0.05, 0.1) is 10.7 Å². The molecule has 6 heteroatoms. The van der Waals surface area contributed by atoms with Crippen LogP contribution in [0.1, 0.15) is 50.0 Å². The monoisotopic (exact) mass is 423 g/mol. The molecule has 2 amide bonds. The number of nitrogens with one attached hydrogen (secondary N) is 2. The van der Waals surface area contributed by atoms with E-state index in [2.05, 4.69) is 15.6 Å². The fourth-order valence-electron chi connectivity index (χ4n) is 6.31. The van der Waals surface area contributed by atoms with Crippen molar-refractivity contribution in [1.82, 2.24) is 10.3 Å². The zero-order chi connectivity index (χ0) is 20.7. The van der Waals surface area contributed by atoms with Crippen LogP contribution in [-0.2, 0) is 9.59 Å². The van der Waals surface area contributed by atoms with Gasteiger partial charge in [-0.2, -0.15) is 0 Å². The number of aryl methyl sites for hydroxylation is 1. The SMILES string of the molecule is Cc1nc(-c2ccc(NC(=O)CCNC(=O)C34CC5CC(CC(C5)C3)C4)cc2)cs1. The molecule has 2 N–H and O–H groups in total. The Hall–Kier alpha value is -2.21. The highest BCUT2D eigenvalue weighted by Gasteiger charge is 2.54. The maximum atomic E-state index is 13.0. The molecule has 5 nitrogen and oxygen atoms in total. The number of hydrogen-bond acceptors (Lipinski definition) is 4. The van der Waals surface area contributed by atoms with Crippen molar-refractivity contribution in [2.75, 3.05) is 11.9 Å². The van der Waals surface area contributed by atoms with Gasteiger partial charge >= 0.3 is 0 Å². The summed E-state index contributed by atoms with van der Waals surface area (Å²) in [7, 11) is 0. The summed E-state index contributed by atoms with van der Waals surface area (Å²) >= 11 is 1.63. The lowest BCUT2D eigenvalue weighted by atomic mass is 9.49. The van der Waals surface area contributed by atoms with Gasteiger partial charge in [-0.05, 0) is 75.3 Å². The Balaban J connectivity index is 1.10. The van der Waals surface area contributed by atoms with Crippen molar-refractivity contribution >= 4 is 28.8 Å². The number of nitrogens with zero attached hydrogens (tertiary/aromatic N) is 1. The summed E-state index contributed by atoms with van der Waals surface area (Å²) in [5, 5.41) is 9.09. The van der Waals surface area contributed by atoms with Gasteiger partial charge in [0.25, 0.3) is 0 Å². The predicted molar refractivity (Wildman–Crippen MR) is 119 cm³/mol. The van der Waals surface area contributed by atoms with Gasteiger partial charge in [-0.1, -0.05) is 12.1 Å². The minimum atomic E-state index is -0.144. The molecule has 0 unspecified atom stereocenters. The lowest BCUT2D eigenvalue weighted by Gasteiger charge is -2.55. The summed E-state index contributed by atoms with van der Waals surface area (Å²) in [5.74, 6) is 2.37. The van der Waals surface area contributed by atoms with Crippen LogP contribution >= 0.6 is 11.3 Å². The third-order valence-electron chi connectivity index (χ3n) is 7.24. The molecule has 0 radical (unpaired) electrons. The first kappa shape index (κ1) is 19.7. The van der Waals surface area contributed by atoms with Crippen LogP contribution in [0.3, 0.4) is 0 Å². The largest absolute Gasteiger partial charge is 0.355 e. The van der Waals surface area contributed by atoms with Crippen LogP contribution < -0.4 is 10.6 Å². The van der Waals surface area contributed by atoms with Crippen LogP contribution in [0.4, 0.5) is 5.69 Å². The van der Waals surface area contributed by atoms with E-state index < -0.39 is 0 Å². The first-order valence-corrected chi connectivity index (χ1v) is 12.0. The van der Waals surface area contributed by atoms with Crippen LogP contribution in [0.2, 0.25) is 0 Å². The molecule has 6 rings (SSSR count). The second kappa shape index (κ2) is 7.80. The molecule has 4 bridgehead atoms. The second-order valence-electron chi connectivity index (χ2n) is 9.58. The maximum absolute atomic E-state index is 13.0. The Labute approximate surface area is 181 Å². The highest BCUT2D eigenvalue weighted by Crippen LogP contribution is 2.60. The van der Waals surface area contributed by atoms with E-state index in [0.29, 0.717) is 13.0 Å². The Kier molecular flexibility index (Phi) is 5.13. The summed E-state index contributed by atoms with van der Waals surface area (Å²) in [6.45, 7) is 2.40. The number of carbonyl (C=O) groups is 2. The quantitative estimate of drug-likeness (QED) is 0.702. The molecule has 0 saturated heterocycles. The van der Waals surface area contributed by atoms with Gasteiger partial charge in [0, 0.05) is 35.0 Å².